The van der Waals surface area contributed by atoms with E-state index in [-0.39, 0.29) is 0 Å². The fourth-order valence-electron chi connectivity index (χ4n) is 2.90. The maximum Gasteiger partial charge on any atom is 0.0459 e. The topological polar surface area (TPSA) is 20.2 Å². The standard InChI is InChI=1S/C18H30O/c1-5-14(3)7-8-16(6-2)18-11-9-17(10-12-18)15(4)13-19/h6-8,15,17-19H,2,5,9-13H2,1,3-4H3/b14-7+,16-8+. The van der Waals surface area contributed by atoms with E-state index in [4.69, 9.17) is 0 Å². The van der Waals surface area contributed by atoms with Crippen LogP contribution in [0.25, 0.3) is 0 Å². The minimum Gasteiger partial charge on any atom is -0.396 e. The van der Waals surface area contributed by atoms with Crippen molar-refractivity contribution in [1.29, 1.82) is 0 Å². The molecule has 0 aromatic rings. The SMILES string of the molecule is C=C/C(=C\C=C(/C)CC)C1CCC(C(C)CO)CC1. The molecule has 0 spiro atoms. The predicted octanol–water partition coefficient (Wildman–Crippen LogP) is 4.89. The van der Waals surface area contributed by atoms with Gasteiger partial charge in [-0.25, -0.2) is 0 Å². The van der Waals surface area contributed by atoms with E-state index >= 15 is 0 Å². The first-order valence-corrected chi connectivity index (χ1v) is 7.73. The van der Waals surface area contributed by atoms with Gasteiger partial charge in [0.25, 0.3) is 0 Å². The van der Waals surface area contributed by atoms with Crippen molar-refractivity contribution in [3.8, 4) is 0 Å². The summed E-state index contributed by atoms with van der Waals surface area (Å²) in [6.45, 7) is 10.8. The number of aliphatic hydroxyl groups excluding tert-OH is 1. The lowest BCUT2D eigenvalue weighted by molar-refractivity contribution is 0.150. The first-order chi connectivity index (χ1) is 9.12. The average molecular weight is 262 g/mol. The Morgan fingerprint density at radius 3 is 2.37 bits per heavy atom. The quantitative estimate of drug-likeness (QED) is 0.676. The first kappa shape index (κ1) is 16.2. The Labute approximate surface area is 119 Å². The zero-order chi connectivity index (χ0) is 14.3. The summed E-state index contributed by atoms with van der Waals surface area (Å²) in [6.07, 6.45) is 12.6. The Balaban J connectivity index is 2.59. The number of aliphatic hydroxyl groups is 1. The van der Waals surface area contributed by atoms with Gasteiger partial charge >= 0.3 is 0 Å². The third-order valence-electron chi connectivity index (χ3n) is 4.69. The molecular formula is C18H30O. The fourth-order valence-corrected chi connectivity index (χ4v) is 2.90. The second-order valence-corrected chi connectivity index (χ2v) is 6.01. The summed E-state index contributed by atoms with van der Waals surface area (Å²) in [5.74, 6) is 1.83. The van der Waals surface area contributed by atoms with E-state index in [1.165, 1.54) is 36.8 Å². The van der Waals surface area contributed by atoms with Crippen LogP contribution in [-0.4, -0.2) is 11.7 Å². The third-order valence-corrected chi connectivity index (χ3v) is 4.69. The van der Waals surface area contributed by atoms with E-state index in [1.807, 2.05) is 6.08 Å². The number of hydrogen-bond acceptors (Lipinski definition) is 1. The first-order valence-electron chi connectivity index (χ1n) is 7.73. The Hall–Kier alpha value is -0.820. The third kappa shape index (κ3) is 4.99. The molecule has 108 valence electrons. The highest BCUT2D eigenvalue weighted by atomic mass is 16.3. The normalized spacial score (nSPS) is 27.2. The van der Waals surface area contributed by atoms with Crippen LogP contribution in [0.1, 0.15) is 52.9 Å². The van der Waals surface area contributed by atoms with Gasteiger partial charge in [0.1, 0.15) is 0 Å². The van der Waals surface area contributed by atoms with Gasteiger partial charge in [-0.2, -0.15) is 0 Å². The van der Waals surface area contributed by atoms with Crippen LogP contribution in [0, 0.1) is 17.8 Å². The molecule has 1 saturated carbocycles. The average Bonchev–Trinajstić information content (AvgIpc) is 2.47. The molecule has 0 heterocycles. The number of hydrogen-bond donors (Lipinski definition) is 1. The van der Waals surface area contributed by atoms with Crippen LogP contribution in [0.4, 0.5) is 0 Å². The van der Waals surface area contributed by atoms with Crippen LogP contribution in [0.3, 0.4) is 0 Å². The second-order valence-electron chi connectivity index (χ2n) is 6.01. The molecule has 0 amide bonds. The lowest BCUT2D eigenvalue weighted by Gasteiger charge is -2.32. The Bertz CT molecular complexity index is 330. The molecule has 1 unspecified atom stereocenters. The van der Waals surface area contributed by atoms with Crippen molar-refractivity contribution >= 4 is 0 Å². The van der Waals surface area contributed by atoms with E-state index in [9.17, 15) is 5.11 Å². The van der Waals surface area contributed by atoms with Gasteiger partial charge in [-0.3, -0.25) is 0 Å². The zero-order valence-corrected chi connectivity index (χ0v) is 12.9. The minimum atomic E-state index is 0.331. The van der Waals surface area contributed by atoms with E-state index in [0.29, 0.717) is 24.4 Å². The van der Waals surface area contributed by atoms with Crippen molar-refractivity contribution < 1.29 is 5.11 Å². The van der Waals surface area contributed by atoms with Gasteiger partial charge in [-0.15, -0.1) is 0 Å². The summed E-state index contributed by atoms with van der Waals surface area (Å²) in [7, 11) is 0. The maximum absolute atomic E-state index is 9.25. The molecule has 1 aliphatic rings. The van der Waals surface area contributed by atoms with E-state index in [2.05, 4.69) is 39.5 Å². The van der Waals surface area contributed by atoms with Crippen molar-refractivity contribution in [3.05, 3.63) is 36.0 Å². The Morgan fingerprint density at radius 1 is 1.26 bits per heavy atom. The molecule has 0 radical (unpaired) electrons. The summed E-state index contributed by atoms with van der Waals surface area (Å²) in [5, 5.41) is 9.25. The highest BCUT2D eigenvalue weighted by Gasteiger charge is 2.25. The highest BCUT2D eigenvalue weighted by molar-refractivity contribution is 5.26. The van der Waals surface area contributed by atoms with Crippen LogP contribution in [-0.2, 0) is 0 Å². The molecule has 0 bridgehead atoms. The molecule has 0 saturated heterocycles. The van der Waals surface area contributed by atoms with Gasteiger partial charge in [0.05, 0.1) is 0 Å². The maximum atomic E-state index is 9.25. The smallest absolute Gasteiger partial charge is 0.0459 e. The molecule has 19 heavy (non-hydrogen) atoms. The largest absolute Gasteiger partial charge is 0.396 e. The van der Waals surface area contributed by atoms with Crippen LogP contribution in [0.5, 0.6) is 0 Å². The monoisotopic (exact) mass is 262 g/mol. The lowest BCUT2D eigenvalue weighted by Crippen LogP contribution is -2.22. The predicted molar refractivity (Wildman–Crippen MR) is 84.0 cm³/mol. The molecule has 1 fully saturated rings. The Morgan fingerprint density at radius 2 is 1.89 bits per heavy atom. The van der Waals surface area contributed by atoms with Crippen LogP contribution < -0.4 is 0 Å². The summed E-state index contributed by atoms with van der Waals surface area (Å²) in [4.78, 5) is 0. The highest BCUT2D eigenvalue weighted by Crippen LogP contribution is 2.37. The number of rotatable bonds is 6. The van der Waals surface area contributed by atoms with E-state index in [0.717, 1.165) is 6.42 Å². The summed E-state index contributed by atoms with van der Waals surface area (Å²) >= 11 is 0. The van der Waals surface area contributed by atoms with Crippen LogP contribution in [0.15, 0.2) is 36.0 Å². The van der Waals surface area contributed by atoms with E-state index in [1.54, 1.807) is 0 Å². The van der Waals surface area contributed by atoms with Gasteiger partial charge in [-0.05, 0) is 62.4 Å². The second kappa shape index (κ2) is 8.37. The molecule has 0 aromatic heterocycles. The molecule has 1 atom stereocenters. The van der Waals surface area contributed by atoms with Crippen molar-refractivity contribution in [1.82, 2.24) is 0 Å². The lowest BCUT2D eigenvalue weighted by atomic mass is 9.74. The minimum absolute atomic E-state index is 0.331. The van der Waals surface area contributed by atoms with Crippen molar-refractivity contribution in [3.63, 3.8) is 0 Å². The molecule has 1 nitrogen and oxygen atoms in total. The molecule has 1 N–H and O–H groups in total. The van der Waals surface area contributed by atoms with Crippen LogP contribution >= 0.6 is 0 Å². The Kier molecular flexibility index (Phi) is 7.15. The van der Waals surface area contributed by atoms with E-state index < -0.39 is 0 Å². The van der Waals surface area contributed by atoms with Gasteiger partial charge in [0.15, 0.2) is 0 Å². The molecule has 1 rings (SSSR count). The van der Waals surface area contributed by atoms with Gasteiger partial charge < -0.3 is 5.11 Å². The van der Waals surface area contributed by atoms with Crippen molar-refractivity contribution in [2.24, 2.45) is 17.8 Å². The zero-order valence-electron chi connectivity index (χ0n) is 12.9. The summed E-state index contributed by atoms with van der Waals surface area (Å²) in [6, 6.07) is 0. The summed E-state index contributed by atoms with van der Waals surface area (Å²) < 4.78 is 0. The van der Waals surface area contributed by atoms with Crippen molar-refractivity contribution in [2.75, 3.05) is 6.61 Å². The summed E-state index contributed by atoms with van der Waals surface area (Å²) in [5.41, 5.74) is 2.81. The van der Waals surface area contributed by atoms with Gasteiger partial charge in [-0.1, -0.05) is 44.2 Å². The van der Waals surface area contributed by atoms with Gasteiger partial charge in [0.2, 0.25) is 0 Å². The fraction of sp³-hybridized carbons (Fsp3) is 0.667. The number of allylic oxidation sites excluding steroid dienone is 5. The molecule has 0 aromatic carbocycles. The molecule has 0 aliphatic heterocycles. The van der Waals surface area contributed by atoms with Crippen LogP contribution in [0.2, 0.25) is 0 Å². The molecule has 1 aliphatic carbocycles. The molecule has 1 heteroatoms. The van der Waals surface area contributed by atoms with Crippen molar-refractivity contribution in [2.45, 2.75) is 52.9 Å². The molecular weight excluding hydrogens is 232 g/mol. The van der Waals surface area contributed by atoms with Gasteiger partial charge in [0, 0.05) is 6.61 Å².